The fourth-order valence-electron chi connectivity index (χ4n) is 4.66. The Kier molecular flexibility index (Phi) is 6.39. The van der Waals surface area contributed by atoms with Gasteiger partial charge in [-0.15, -0.1) is 0 Å². The summed E-state index contributed by atoms with van der Waals surface area (Å²) in [4.78, 5) is 13.1. The van der Waals surface area contributed by atoms with Crippen molar-refractivity contribution in [3.63, 3.8) is 0 Å². The molecule has 0 heterocycles. The number of azo groups is 1. The molecule has 5 heteroatoms. The van der Waals surface area contributed by atoms with E-state index in [9.17, 15) is 9.18 Å². The number of carbonyl (C=O) groups excluding carboxylic acids is 1. The van der Waals surface area contributed by atoms with E-state index in [2.05, 4.69) is 49.5 Å². The average Bonchev–Trinajstić information content (AvgIpc) is 2.92. The summed E-state index contributed by atoms with van der Waals surface area (Å²) in [6.07, 6.45) is 8.09. The summed E-state index contributed by atoms with van der Waals surface area (Å²) >= 11 is 0. The summed E-state index contributed by atoms with van der Waals surface area (Å²) in [7, 11) is 0. The van der Waals surface area contributed by atoms with E-state index in [-0.39, 0.29) is 23.1 Å². The first-order chi connectivity index (χ1) is 14.2. The Bertz CT molecular complexity index is 897. The van der Waals surface area contributed by atoms with Crippen LogP contribution in [0.3, 0.4) is 0 Å². The molecule has 1 unspecified atom stereocenters. The van der Waals surface area contributed by atoms with Gasteiger partial charge < -0.3 is 5.32 Å². The highest BCUT2D eigenvalue weighted by Crippen LogP contribution is 2.58. The molecule has 0 aromatic heterocycles. The summed E-state index contributed by atoms with van der Waals surface area (Å²) in [5, 5.41) is 11.2. The van der Waals surface area contributed by atoms with E-state index in [1.165, 1.54) is 18.7 Å². The highest BCUT2D eigenvalue weighted by atomic mass is 19.1. The molecule has 30 heavy (non-hydrogen) atoms. The predicted octanol–water partition coefficient (Wildman–Crippen LogP) is 6.43. The Balaban J connectivity index is 1.87. The van der Waals surface area contributed by atoms with Crippen LogP contribution >= 0.6 is 0 Å². The molecule has 1 N–H and O–H groups in total. The smallest absolute Gasteiger partial charge is 0.226 e. The van der Waals surface area contributed by atoms with Crippen LogP contribution in [-0.2, 0) is 4.79 Å². The Morgan fingerprint density at radius 3 is 2.53 bits per heavy atom. The number of carbonyl (C=O) groups is 1. The molecule has 2 fully saturated rings. The molecule has 3 rings (SSSR count). The van der Waals surface area contributed by atoms with Crippen molar-refractivity contribution in [3.05, 3.63) is 66.7 Å². The summed E-state index contributed by atoms with van der Waals surface area (Å²) < 4.78 is 14.4. The Hall–Kier alpha value is -2.56. The average molecular weight is 410 g/mol. The van der Waals surface area contributed by atoms with Gasteiger partial charge in [0.15, 0.2) is 0 Å². The maximum atomic E-state index is 14.4. The number of hydrogen-bond acceptors (Lipinski definition) is 3. The third kappa shape index (κ3) is 4.03. The van der Waals surface area contributed by atoms with Crippen molar-refractivity contribution >= 4 is 11.6 Å². The normalized spacial score (nSPS) is 26.4. The zero-order chi connectivity index (χ0) is 21.9. The first-order valence-electron chi connectivity index (χ1n) is 10.7. The van der Waals surface area contributed by atoms with Crippen LogP contribution in [0.5, 0.6) is 0 Å². The minimum atomic E-state index is -0.481. The second-order valence-corrected chi connectivity index (χ2v) is 9.23. The minimum absolute atomic E-state index is 0.0790. The molecule has 2 atom stereocenters. The predicted molar refractivity (Wildman–Crippen MR) is 119 cm³/mol. The van der Waals surface area contributed by atoms with Crippen molar-refractivity contribution in [2.45, 2.75) is 58.9 Å². The molecule has 4 nitrogen and oxygen atoms in total. The quantitative estimate of drug-likeness (QED) is 0.409. The highest BCUT2D eigenvalue weighted by molar-refractivity contribution is 5.84. The van der Waals surface area contributed by atoms with Crippen molar-refractivity contribution in [1.29, 1.82) is 0 Å². The summed E-state index contributed by atoms with van der Waals surface area (Å²) in [6.45, 7) is 14.2. The number of benzene rings is 1. The molecule has 2 aliphatic rings. The summed E-state index contributed by atoms with van der Waals surface area (Å²) in [5.74, 6) is -0.151. The fourth-order valence-corrected chi connectivity index (χ4v) is 4.66. The maximum absolute atomic E-state index is 14.4. The molecule has 0 bridgehead atoms. The van der Waals surface area contributed by atoms with Crippen LogP contribution in [0.25, 0.3) is 5.70 Å². The van der Waals surface area contributed by atoms with Crippen LogP contribution in [0.2, 0.25) is 0 Å². The molecule has 160 valence electrons. The van der Waals surface area contributed by atoms with Crippen molar-refractivity contribution in [2.75, 3.05) is 0 Å². The first kappa shape index (κ1) is 22.1. The van der Waals surface area contributed by atoms with E-state index in [1.54, 1.807) is 24.3 Å². The van der Waals surface area contributed by atoms with Crippen LogP contribution in [0, 0.1) is 22.6 Å². The van der Waals surface area contributed by atoms with Crippen LogP contribution in [-0.4, -0.2) is 11.9 Å². The van der Waals surface area contributed by atoms with Gasteiger partial charge in [-0.25, -0.2) is 4.39 Å². The van der Waals surface area contributed by atoms with Gasteiger partial charge in [0.25, 0.3) is 0 Å². The molecule has 0 saturated heterocycles. The first-order valence-corrected chi connectivity index (χ1v) is 10.7. The van der Waals surface area contributed by atoms with Crippen LogP contribution in [0.1, 0.15) is 58.4 Å². The second-order valence-electron chi connectivity index (χ2n) is 9.23. The van der Waals surface area contributed by atoms with Gasteiger partial charge in [-0.2, -0.15) is 10.2 Å². The van der Waals surface area contributed by atoms with Crippen molar-refractivity contribution in [1.82, 2.24) is 5.32 Å². The zero-order valence-corrected chi connectivity index (χ0v) is 18.2. The maximum Gasteiger partial charge on any atom is 0.226 e. The molecule has 0 aliphatic heterocycles. The third-order valence-electron chi connectivity index (χ3n) is 7.33. The molecular formula is C25H32FN3O. The van der Waals surface area contributed by atoms with Crippen LogP contribution in [0.15, 0.2) is 65.5 Å². The monoisotopic (exact) mass is 409 g/mol. The molecule has 0 radical (unpaired) electrons. The van der Waals surface area contributed by atoms with E-state index < -0.39 is 5.41 Å². The van der Waals surface area contributed by atoms with E-state index >= 15 is 0 Å². The van der Waals surface area contributed by atoms with Gasteiger partial charge in [-0.3, -0.25) is 4.79 Å². The summed E-state index contributed by atoms with van der Waals surface area (Å²) in [5.41, 5.74) is 0.822. The molecule has 1 aromatic rings. The van der Waals surface area contributed by atoms with Gasteiger partial charge in [0.1, 0.15) is 5.82 Å². The second kappa shape index (κ2) is 8.66. The molecule has 2 saturated carbocycles. The van der Waals surface area contributed by atoms with Crippen LogP contribution in [0.4, 0.5) is 4.39 Å². The van der Waals surface area contributed by atoms with E-state index in [4.69, 9.17) is 0 Å². The topological polar surface area (TPSA) is 53.8 Å². The van der Waals surface area contributed by atoms with E-state index in [1.807, 2.05) is 0 Å². The van der Waals surface area contributed by atoms with Gasteiger partial charge in [-0.05, 0) is 67.2 Å². The van der Waals surface area contributed by atoms with Gasteiger partial charge in [0, 0.05) is 17.8 Å². The van der Waals surface area contributed by atoms with Crippen LogP contribution < -0.4 is 5.32 Å². The van der Waals surface area contributed by atoms with Gasteiger partial charge in [-0.1, -0.05) is 46.1 Å². The van der Waals surface area contributed by atoms with E-state index in [0.29, 0.717) is 17.3 Å². The number of hydrogen-bond donors (Lipinski definition) is 1. The lowest BCUT2D eigenvalue weighted by molar-refractivity contribution is -0.137. The number of allylic oxidation sites excluding steroid dienone is 2. The van der Waals surface area contributed by atoms with Gasteiger partial charge >= 0.3 is 0 Å². The number of nitrogens with one attached hydrogen (secondary N) is 1. The molecule has 1 amide bonds. The lowest BCUT2D eigenvalue weighted by Gasteiger charge is -2.42. The largest absolute Gasteiger partial charge is 0.353 e. The number of halogens is 1. The Morgan fingerprint density at radius 2 is 1.93 bits per heavy atom. The molecular weight excluding hydrogens is 377 g/mol. The lowest BCUT2D eigenvalue weighted by atomic mass is 9.63. The van der Waals surface area contributed by atoms with Crippen molar-refractivity contribution < 1.29 is 9.18 Å². The van der Waals surface area contributed by atoms with Crippen molar-refractivity contribution in [3.8, 4) is 0 Å². The van der Waals surface area contributed by atoms with Gasteiger partial charge in [0.2, 0.25) is 5.91 Å². The zero-order valence-electron chi connectivity index (χ0n) is 18.2. The SMILES string of the molecule is C=CN=N/C(=C\C(=C)[C@@H]1CCC(C)(C(=O)NC2CCC2)C1(C)C)c1ccccc1F. The van der Waals surface area contributed by atoms with Gasteiger partial charge in [0.05, 0.1) is 11.1 Å². The van der Waals surface area contributed by atoms with Crippen molar-refractivity contribution in [2.24, 2.45) is 27.0 Å². The fraction of sp³-hybridized carbons (Fsp3) is 0.480. The number of amides is 1. The Labute approximate surface area is 179 Å². The minimum Gasteiger partial charge on any atom is -0.353 e. The lowest BCUT2D eigenvalue weighted by Crippen LogP contribution is -2.51. The molecule has 0 spiro atoms. The Morgan fingerprint density at radius 1 is 1.23 bits per heavy atom. The molecule has 2 aliphatic carbocycles. The number of nitrogens with zero attached hydrogens (tertiary/aromatic N) is 2. The summed E-state index contributed by atoms with van der Waals surface area (Å²) in [6, 6.07) is 6.80. The number of rotatable bonds is 7. The highest BCUT2D eigenvalue weighted by Gasteiger charge is 2.56. The molecule has 1 aromatic carbocycles. The van der Waals surface area contributed by atoms with E-state index in [0.717, 1.165) is 31.3 Å². The third-order valence-corrected chi connectivity index (χ3v) is 7.33. The standard InChI is InChI=1S/C25H32FN3O/c1-6-27-29-22(19-12-7-8-13-21(19)26)16-17(2)20-14-15-25(5,24(20,3)4)23(30)28-18-10-9-11-18/h6-8,12-13,16,18,20H,1-2,9-11,14-15H2,3-5H3,(H,28,30)/b22-16-,29-27?/t20-,25?/m0/s1.